The number of rotatable bonds is 5. The Labute approximate surface area is 92.4 Å². The van der Waals surface area contributed by atoms with Crippen LogP contribution in [0.1, 0.15) is 20.3 Å². The first-order valence-electron chi connectivity index (χ1n) is 5.62. The quantitative estimate of drug-likeness (QED) is 0.641. The van der Waals surface area contributed by atoms with E-state index in [1.807, 2.05) is 0 Å². The highest BCUT2D eigenvalue weighted by Gasteiger charge is 2.28. The van der Waals surface area contributed by atoms with E-state index in [-0.39, 0.29) is 5.60 Å². The predicted octanol–water partition coefficient (Wildman–Crippen LogP) is 4.34. The molecule has 0 amide bonds. The molecule has 0 spiro atoms. The van der Waals surface area contributed by atoms with Gasteiger partial charge in [0.15, 0.2) is 8.32 Å². The molecule has 0 radical (unpaired) electrons. The Bertz CT molecular complexity index is 175. The van der Waals surface area contributed by atoms with Gasteiger partial charge in [-0.05, 0) is 39.9 Å². The molecule has 86 valence electrons. The monoisotopic (exact) mass is 232 g/mol. The van der Waals surface area contributed by atoms with Crippen molar-refractivity contribution in [3.63, 3.8) is 0 Å². The zero-order valence-corrected chi connectivity index (χ0v) is 13.3. The van der Waals surface area contributed by atoms with Crippen molar-refractivity contribution in [1.82, 2.24) is 0 Å². The molecule has 0 aromatic rings. The van der Waals surface area contributed by atoms with Crippen LogP contribution in [0.4, 0.5) is 0 Å². The lowest BCUT2D eigenvalue weighted by molar-refractivity contribution is 0.0965. The Kier molecular flexibility index (Phi) is 4.62. The molecule has 0 unspecified atom stereocenters. The molecule has 0 aliphatic rings. The van der Waals surface area contributed by atoms with E-state index >= 15 is 0 Å². The maximum Gasteiger partial charge on any atom is 0.184 e. The van der Waals surface area contributed by atoms with Gasteiger partial charge in [0.1, 0.15) is 0 Å². The van der Waals surface area contributed by atoms with Gasteiger partial charge in [-0.25, -0.2) is 0 Å². The van der Waals surface area contributed by atoms with Crippen LogP contribution in [-0.2, 0) is 4.43 Å². The third-order valence-electron chi connectivity index (χ3n) is 2.06. The molecule has 0 rings (SSSR count). The summed E-state index contributed by atoms with van der Waals surface area (Å²) in [6.07, 6.45) is 1.22. The van der Waals surface area contributed by atoms with Crippen LogP contribution in [0.15, 0.2) is 0 Å². The van der Waals surface area contributed by atoms with Crippen molar-refractivity contribution in [2.45, 2.75) is 71.2 Å². The lowest BCUT2D eigenvalue weighted by Crippen LogP contribution is -2.39. The zero-order chi connectivity index (χ0) is 11.6. The standard InChI is InChI=1S/C11H28OSi2/c1-11(2,12-14(6,7)8)9-10-13(3,4)5/h9-10H2,1-8H3. The van der Waals surface area contributed by atoms with Crippen LogP contribution < -0.4 is 0 Å². The van der Waals surface area contributed by atoms with Gasteiger partial charge in [0.2, 0.25) is 0 Å². The largest absolute Gasteiger partial charge is 0.413 e. The van der Waals surface area contributed by atoms with E-state index in [1.165, 1.54) is 12.5 Å². The van der Waals surface area contributed by atoms with Crippen LogP contribution in [0.3, 0.4) is 0 Å². The molecule has 0 atom stereocenters. The molecule has 0 aromatic carbocycles. The first kappa shape index (κ1) is 14.4. The fraction of sp³-hybridized carbons (Fsp3) is 1.00. The van der Waals surface area contributed by atoms with Crippen LogP contribution in [0.2, 0.25) is 45.3 Å². The van der Waals surface area contributed by atoms with Gasteiger partial charge in [-0.2, -0.15) is 0 Å². The van der Waals surface area contributed by atoms with E-state index in [2.05, 4.69) is 53.1 Å². The maximum atomic E-state index is 6.18. The molecule has 0 saturated heterocycles. The van der Waals surface area contributed by atoms with Gasteiger partial charge in [-0.1, -0.05) is 25.7 Å². The van der Waals surface area contributed by atoms with Crippen LogP contribution in [0.25, 0.3) is 0 Å². The normalized spacial score (nSPS) is 14.6. The molecule has 0 aliphatic heterocycles. The van der Waals surface area contributed by atoms with Crippen LogP contribution in [0.5, 0.6) is 0 Å². The molecule has 0 aliphatic carbocycles. The minimum absolute atomic E-state index is 0.0880. The molecule has 0 bridgehead atoms. The Morgan fingerprint density at radius 1 is 0.929 bits per heavy atom. The highest BCUT2D eigenvalue weighted by Crippen LogP contribution is 2.25. The zero-order valence-electron chi connectivity index (χ0n) is 11.3. The number of hydrogen-bond donors (Lipinski definition) is 0. The second kappa shape index (κ2) is 4.50. The topological polar surface area (TPSA) is 9.23 Å². The van der Waals surface area contributed by atoms with Crippen molar-refractivity contribution in [3.8, 4) is 0 Å². The van der Waals surface area contributed by atoms with Crippen molar-refractivity contribution < 1.29 is 4.43 Å². The van der Waals surface area contributed by atoms with E-state index in [4.69, 9.17) is 4.43 Å². The molecular formula is C11H28OSi2. The summed E-state index contributed by atoms with van der Waals surface area (Å²) in [5.41, 5.74) is 0.0880. The van der Waals surface area contributed by atoms with Crippen LogP contribution >= 0.6 is 0 Å². The van der Waals surface area contributed by atoms with E-state index in [1.54, 1.807) is 0 Å². The summed E-state index contributed by atoms with van der Waals surface area (Å²) in [6.45, 7) is 18.6. The molecule has 0 heterocycles. The molecule has 0 fully saturated rings. The van der Waals surface area contributed by atoms with Crippen molar-refractivity contribution >= 4 is 16.4 Å². The SMILES string of the molecule is CC(C)(CC[Si](C)(C)C)O[Si](C)(C)C. The van der Waals surface area contributed by atoms with E-state index < -0.39 is 16.4 Å². The fourth-order valence-electron chi connectivity index (χ4n) is 1.56. The predicted molar refractivity (Wildman–Crippen MR) is 71.3 cm³/mol. The summed E-state index contributed by atoms with van der Waals surface area (Å²) in [6, 6.07) is 1.37. The highest BCUT2D eigenvalue weighted by molar-refractivity contribution is 6.76. The average molecular weight is 233 g/mol. The molecule has 0 aromatic heterocycles. The Morgan fingerprint density at radius 2 is 1.36 bits per heavy atom. The van der Waals surface area contributed by atoms with Crippen LogP contribution in [0, 0.1) is 0 Å². The first-order chi connectivity index (χ1) is 5.91. The van der Waals surface area contributed by atoms with Crippen molar-refractivity contribution in [1.29, 1.82) is 0 Å². The van der Waals surface area contributed by atoms with E-state index in [0.717, 1.165) is 0 Å². The Hall–Kier alpha value is 0.394. The van der Waals surface area contributed by atoms with Gasteiger partial charge in [0.25, 0.3) is 0 Å². The second-order valence-electron chi connectivity index (χ2n) is 7.03. The van der Waals surface area contributed by atoms with Gasteiger partial charge in [0, 0.05) is 8.07 Å². The van der Waals surface area contributed by atoms with E-state index in [0.29, 0.717) is 0 Å². The fourth-order valence-corrected chi connectivity index (χ4v) is 4.67. The van der Waals surface area contributed by atoms with E-state index in [9.17, 15) is 0 Å². The molecular weight excluding hydrogens is 204 g/mol. The van der Waals surface area contributed by atoms with Gasteiger partial charge >= 0.3 is 0 Å². The van der Waals surface area contributed by atoms with Crippen LogP contribution in [-0.4, -0.2) is 22.0 Å². The van der Waals surface area contributed by atoms with Crippen molar-refractivity contribution in [2.75, 3.05) is 0 Å². The minimum atomic E-state index is -1.37. The second-order valence-corrected chi connectivity index (χ2v) is 17.1. The summed E-state index contributed by atoms with van der Waals surface area (Å²) in [5, 5.41) is 0. The van der Waals surface area contributed by atoms with Crippen molar-refractivity contribution in [2.24, 2.45) is 0 Å². The number of hydrogen-bond acceptors (Lipinski definition) is 1. The lowest BCUT2D eigenvalue weighted by atomic mass is 10.1. The third-order valence-corrected chi connectivity index (χ3v) is 4.97. The molecule has 1 nitrogen and oxygen atoms in total. The van der Waals surface area contributed by atoms with Gasteiger partial charge in [0.05, 0.1) is 5.60 Å². The maximum absolute atomic E-state index is 6.18. The summed E-state index contributed by atoms with van der Waals surface area (Å²) >= 11 is 0. The first-order valence-corrected chi connectivity index (χ1v) is 12.7. The third kappa shape index (κ3) is 8.97. The van der Waals surface area contributed by atoms with Crippen molar-refractivity contribution in [3.05, 3.63) is 0 Å². The molecule has 0 N–H and O–H groups in total. The molecule has 0 saturated carbocycles. The smallest absolute Gasteiger partial charge is 0.184 e. The molecule has 3 heteroatoms. The van der Waals surface area contributed by atoms with Gasteiger partial charge in [-0.3, -0.25) is 0 Å². The average Bonchev–Trinajstić information content (AvgIpc) is 1.76. The highest BCUT2D eigenvalue weighted by atomic mass is 28.4. The minimum Gasteiger partial charge on any atom is -0.413 e. The van der Waals surface area contributed by atoms with Gasteiger partial charge < -0.3 is 4.43 Å². The Morgan fingerprint density at radius 3 is 1.64 bits per heavy atom. The summed E-state index contributed by atoms with van der Waals surface area (Å²) in [5.74, 6) is 0. The summed E-state index contributed by atoms with van der Waals surface area (Å²) in [4.78, 5) is 0. The summed E-state index contributed by atoms with van der Waals surface area (Å²) < 4.78 is 6.18. The Balaban J connectivity index is 4.09. The lowest BCUT2D eigenvalue weighted by Gasteiger charge is -2.34. The molecule has 14 heavy (non-hydrogen) atoms. The summed E-state index contributed by atoms with van der Waals surface area (Å²) in [7, 11) is -2.28. The van der Waals surface area contributed by atoms with Gasteiger partial charge in [-0.15, -0.1) is 0 Å².